The van der Waals surface area contributed by atoms with Gasteiger partial charge in [0.15, 0.2) is 0 Å². The monoisotopic (exact) mass is 642 g/mol. The standard InChI is InChI=1S/C21H19F2N3O2S.C10H17N3O3/c1-29-12-13-7-20-25-19-10-16(17(23)11-24-19)15-4-3-14(22)9-18(15)27-5-2-6-28-21(8-13)26-20;1-3-10(2)6-7(14)13(8(10)15)5-4-12-9(11)16/h3-4,7-11H,2,5-6,12H2,1H3,(H,24,25,26);3-6H2,1-2H3,(H3,11,12,16). The number of anilines is 2. The van der Waals surface area contributed by atoms with Gasteiger partial charge in [-0.15, -0.1) is 0 Å². The fraction of sp³-hybridized carbons (Fsp3) is 0.387. The average molecular weight is 643 g/mol. The molecule has 1 fully saturated rings. The predicted molar refractivity (Wildman–Crippen MR) is 167 cm³/mol. The maximum atomic E-state index is 14.6. The molecule has 5 rings (SSSR count). The van der Waals surface area contributed by atoms with Gasteiger partial charge < -0.3 is 25.8 Å². The largest absolute Gasteiger partial charge is 0.493 e. The first-order chi connectivity index (χ1) is 21.5. The van der Waals surface area contributed by atoms with Gasteiger partial charge in [0.2, 0.25) is 17.7 Å². The van der Waals surface area contributed by atoms with Gasteiger partial charge in [-0.05, 0) is 42.5 Å². The zero-order valence-corrected chi connectivity index (χ0v) is 26.1. The lowest BCUT2D eigenvalue weighted by Crippen LogP contribution is -2.41. The van der Waals surface area contributed by atoms with Crippen LogP contribution in [0.15, 0.2) is 42.6 Å². The molecule has 3 aromatic rings. The highest BCUT2D eigenvalue weighted by Gasteiger charge is 2.46. The van der Waals surface area contributed by atoms with E-state index in [0.29, 0.717) is 49.1 Å². The number of aromatic nitrogens is 2. The van der Waals surface area contributed by atoms with Crippen molar-refractivity contribution in [2.24, 2.45) is 11.1 Å². The molecule has 1 aromatic carbocycles. The third kappa shape index (κ3) is 8.59. The van der Waals surface area contributed by atoms with E-state index in [9.17, 15) is 23.2 Å². The first-order valence-electron chi connectivity index (χ1n) is 14.4. The third-order valence-electron chi connectivity index (χ3n) is 7.33. The minimum Gasteiger partial charge on any atom is -0.493 e. The molecule has 1 atom stereocenters. The summed E-state index contributed by atoms with van der Waals surface area (Å²) < 4.78 is 39.8. The van der Waals surface area contributed by atoms with Crippen LogP contribution >= 0.6 is 11.8 Å². The molecule has 2 aliphatic heterocycles. The van der Waals surface area contributed by atoms with E-state index in [1.165, 1.54) is 23.1 Å². The first kappa shape index (κ1) is 33.4. The lowest BCUT2D eigenvalue weighted by atomic mass is 9.86. The molecule has 0 spiro atoms. The first-order valence-corrected chi connectivity index (χ1v) is 15.8. The number of nitrogens with zero attached hydrogens (tertiary/aromatic N) is 3. The molecule has 0 aliphatic carbocycles. The number of primary amides is 1. The van der Waals surface area contributed by atoms with Gasteiger partial charge in [-0.1, -0.05) is 13.8 Å². The topological polar surface area (TPSA) is 149 Å². The Balaban J connectivity index is 0.000000245. The van der Waals surface area contributed by atoms with Gasteiger partial charge in [-0.25, -0.2) is 18.6 Å². The number of nitrogens with two attached hydrogens (primary N) is 1. The number of pyridine rings is 2. The van der Waals surface area contributed by atoms with Crippen molar-refractivity contribution < 1.29 is 32.6 Å². The number of imide groups is 1. The molecule has 240 valence electrons. The van der Waals surface area contributed by atoms with Crippen molar-refractivity contribution in [2.45, 2.75) is 38.9 Å². The predicted octanol–water partition coefficient (Wildman–Crippen LogP) is 5.02. The van der Waals surface area contributed by atoms with Gasteiger partial charge in [0.25, 0.3) is 0 Å². The second-order valence-corrected chi connectivity index (χ2v) is 11.6. The average Bonchev–Trinajstić information content (AvgIpc) is 3.21. The number of ether oxygens (including phenoxy) is 2. The number of amides is 4. The molecular weight excluding hydrogens is 606 g/mol. The Hall–Kier alpha value is -4.46. The summed E-state index contributed by atoms with van der Waals surface area (Å²) in [5, 5.41) is 5.46. The number of nitrogens with one attached hydrogen (secondary N) is 2. The molecule has 14 heteroatoms. The number of thioether (sulfide) groups is 1. The number of benzene rings is 1. The van der Waals surface area contributed by atoms with Gasteiger partial charge in [-0.2, -0.15) is 16.7 Å². The minimum atomic E-state index is -0.655. The van der Waals surface area contributed by atoms with Gasteiger partial charge in [0.1, 0.15) is 29.0 Å². The molecule has 0 radical (unpaired) electrons. The molecule has 2 aromatic heterocycles. The van der Waals surface area contributed by atoms with Crippen LogP contribution in [0.3, 0.4) is 0 Å². The summed E-state index contributed by atoms with van der Waals surface area (Å²) in [5.41, 5.74) is 6.09. The normalized spacial score (nSPS) is 17.5. The lowest BCUT2D eigenvalue weighted by Gasteiger charge is -2.20. The number of carbonyl (C=O) groups is 3. The summed E-state index contributed by atoms with van der Waals surface area (Å²) in [6.07, 6.45) is 4.60. The molecular formula is C31H36F2N6O5S. The summed E-state index contributed by atoms with van der Waals surface area (Å²) in [7, 11) is 0. The van der Waals surface area contributed by atoms with E-state index in [1.807, 2.05) is 25.3 Å². The van der Waals surface area contributed by atoms with Crippen molar-refractivity contribution in [1.29, 1.82) is 0 Å². The molecule has 2 aliphatic rings. The highest BCUT2D eigenvalue weighted by atomic mass is 32.2. The van der Waals surface area contributed by atoms with Crippen molar-refractivity contribution >= 4 is 41.2 Å². The van der Waals surface area contributed by atoms with Crippen molar-refractivity contribution in [3.63, 3.8) is 0 Å². The molecule has 4 heterocycles. The molecule has 4 N–H and O–H groups in total. The van der Waals surface area contributed by atoms with Crippen LogP contribution in [-0.4, -0.2) is 65.3 Å². The van der Waals surface area contributed by atoms with Gasteiger partial charge in [0.05, 0.1) is 24.8 Å². The van der Waals surface area contributed by atoms with Crippen LogP contribution in [0.4, 0.5) is 25.2 Å². The van der Waals surface area contributed by atoms with E-state index in [1.54, 1.807) is 24.8 Å². The van der Waals surface area contributed by atoms with Crippen molar-refractivity contribution in [3.05, 3.63) is 59.8 Å². The Bertz CT molecular complexity index is 1560. The Labute approximate surface area is 264 Å². The summed E-state index contributed by atoms with van der Waals surface area (Å²) in [6, 6.07) is 8.75. The van der Waals surface area contributed by atoms with Crippen LogP contribution in [0.5, 0.6) is 11.6 Å². The number of rotatable bonds is 6. The number of likely N-dealkylation sites (tertiary alicyclic amines) is 1. The highest BCUT2D eigenvalue weighted by molar-refractivity contribution is 7.97. The Morgan fingerprint density at radius 2 is 1.91 bits per heavy atom. The SMILES string of the molecule is CCC1(C)CC(=O)N(CCNC(N)=O)C1=O.CSCc1cc2nc(c1)OCCCOc1cc(F)ccc1-c1cc(ncc1F)N2. The molecule has 0 saturated carbocycles. The molecule has 11 nitrogen and oxygen atoms in total. The van der Waals surface area contributed by atoms with Crippen LogP contribution in [0, 0.1) is 17.0 Å². The van der Waals surface area contributed by atoms with Crippen LogP contribution in [-0.2, 0) is 15.3 Å². The van der Waals surface area contributed by atoms with Gasteiger partial charge in [0, 0.05) is 54.9 Å². The second-order valence-electron chi connectivity index (χ2n) is 10.7. The fourth-order valence-electron chi connectivity index (χ4n) is 4.78. The lowest BCUT2D eigenvalue weighted by molar-refractivity contribution is -0.141. The summed E-state index contributed by atoms with van der Waals surface area (Å²) in [4.78, 5) is 43.7. The fourth-order valence-corrected chi connectivity index (χ4v) is 5.28. The minimum absolute atomic E-state index is 0.161. The summed E-state index contributed by atoms with van der Waals surface area (Å²) >= 11 is 1.69. The van der Waals surface area contributed by atoms with E-state index < -0.39 is 23.1 Å². The van der Waals surface area contributed by atoms with E-state index >= 15 is 0 Å². The number of halogens is 2. The second kappa shape index (κ2) is 15.0. The highest BCUT2D eigenvalue weighted by Crippen LogP contribution is 2.36. The Morgan fingerprint density at radius 3 is 2.62 bits per heavy atom. The van der Waals surface area contributed by atoms with Crippen molar-refractivity contribution in [2.75, 3.05) is 37.9 Å². The molecule has 1 unspecified atom stereocenters. The molecule has 4 bridgehead atoms. The van der Waals surface area contributed by atoms with Gasteiger partial charge >= 0.3 is 6.03 Å². The summed E-state index contributed by atoms with van der Waals surface area (Å²) in [6.45, 7) is 4.75. The van der Waals surface area contributed by atoms with E-state index in [4.69, 9.17) is 15.2 Å². The van der Waals surface area contributed by atoms with Crippen molar-refractivity contribution in [3.8, 4) is 22.8 Å². The van der Waals surface area contributed by atoms with Crippen LogP contribution in [0.1, 0.15) is 38.7 Å². The zero-order chi connectivity index (χ0) is 32.6. The number of fused-ring (bicyclic) bond motifs is 6. The summed E-state index contributed by atoms with van der Waals surface area (Å²) in [5.74, 6) is 1.23. The van der Waals surface area contributed by atoms with E-state index in [0.717, 1.165) is 17.5 Å². The quantitative estimate of drug-likeness (QED) is 0.315. The van der Waals surface area contributed by atoms with Crippen molar-refractivity contribution in [1.82, 2.24) is 20.2 Å². The van der Waals surface area contributed by atoms with Gasteiger partial charge in [-0.3, -0.25) is 14.5 Å². The Morgan fingerprint density at radius 1 is 1.13 bits per heavy atom. The maximum Gasteiger partial charge on any atom is 0.312 e. The Kier molecular flexibility index (Phi) is 11.2. The van der Waals surface area contributed by atoms with E-state index in [-0.39, 0.29) is 42.6 Å². The molecule has 1 saturated heterocycles. The van der Waals surface area contributed by atoms with Crippen LogP contribution in [0.2, 0.25) is 0 Å². The van der Waals surface area contributed by atoms with Crippen LogP contribution < -0.4 is 25.8 Å². The smallest absolute Gasteiger partial charge is 0.312 e. The maximum absolute atomic E-state index is 14.6. The number of hydrogen-bond acceptors (Lipinski definition) is 9. The van der Waals surface area contributed by atoms with E-state index in [2.05, 4.69) is 20.6 Å². The molecule has 4 amide bonds. The third-order valence-corrected chi connectivity index (χ3v) is 7.96. The number of carbonyl (C=O) groups excluding carboxylic acids is 3. The zero-order valence-electron chi connectivity index (χ0n) is 25.3. The number of hydrogen-bond donors (Lipinski definition) is 3. The van der Waals surface area contributed by atoms with Crippen LogP contribution in [0.25, 0.3) is 11.1 Å². The number of urea groups is 1. The molecule has 45 heavy (non-hydrogen) atoms.